The highest BCUT2D eigenvalue weighted by atomic mass is 35.5. The maximum atomic E-state index is 9.38. The highest BCUT2D eigenvalue weighted by Gasteiger charge is 2.18. The van der Waals surface area contributed by atoms with Crippen LogP contribution >= 0.6 is 11.6 Å². The van der Waals surface area contributed by atoms with Gasteiger partial charge in [-0.2, -0.15) is 0 Å². The Morgan fingerprint density at radius 2 is 2.07 bits per heavy atom. The molecule has 0 aromatic heterocycles. The van der Waals surface area contributed by atoms with E-state index in [1.165, 1.54) is 5.56 Å². The lowest BCUT2D eigenvalue weighted by Crippen LogP contribution is -2.43. The van der Waals surface area contributed by atoms with E-state index >= 15 is 0 Å². The molecule has 0 aliphatic carbocycles. The maximum absolute atomic E-state index is 9.38. The van der Waals surface area contributed by atoms with Gasteiger partial charge in [-0.15, -0.1) is 0 Å². The van der Waals surface area contributed by atoms with Gasteiger partial charge in [-0.05, 0) is 19.1 Å². The van der Waals surface area contributed by atoms with Gasteiger partial charge in [-0.3, -0.25) is 0 Å². The van der Waals surface area contributed by atoms with Crippen LogP contribution in [-0.2, 0) is 6.54 Å². The van der Waals surface area contributed by atoms with E-state index in [2.05, 4.69) is 20.2 Å². The number of hydrogen-bond donors (Lipinski definition) is 1. The number of hydrogen-bond acceptors (Lipinski definition) is 1. The van der Waals surface area contributed by atoms with E-state index in [0.29, 0.717) is 0 Å². The van der Waals surface area contributed by atoms with Crippen LogP contribution in [0.15, 0.2) is 24.3 Å². The lowest BCUT2D eigenvalue weighted by Gasteiger charge is -2.31. The molecular formula is C12H19ClNO+. The van der Waals surface area contributed by atoms with Crippen molar-refractivity contribution in [2.75, 3.05) is 20.6 Å². The Hall–Kier alpha value is -0.570. The summed E-state index contributed by atoms with van der Waals surface area (Å²) in [4.78, 5) is 0. The Kier molecular flexibility index (Phi) is 4.14. The number of halogens is 1. The molecule has 0 amide bonds. The van der Waals surface area contributed by atoms with Crippen LogP contribution in [0.4, 0.5) is 0 Å². The number of aliphatic hydroxyl groups is 1. The second kappa shape index (κ2) is 4.97. The zero-order valence-electron chi connectivity index (χ0n) is 9.57. The van der Waals surface area contributed by atoms with E-state index in [4.69, 9.17) is 11.6 Å². The first kappa shape index (κ1) is 12.5. The SMILES string of the molecule is CC(O)C[N+](C)(C)Cc1cccc(Cl)c1. The van der Waals surface area contributed by atoms with Crippen molar-refractivity contribution in [3.8, 4) is 0 Å². The van der Waals surface area contributed by atoms with E-state index in [-0.39, 0.29) is 6.10 Å². The molecule has 1 unspecified atom stereocenters. The summed E-state index contributed by atoms with van der Waals surface area (Å²) in [5.41, 5.74) is 1.20. The molecule has 15 heavy (non-hydrogen) atoms. The predicted octanol–water partition coefficient (Wildman–Crippen LogP) is 2.30. The second-order valence-corrected chi connectivity index (χ2v) is 5.19. The molecule has 1 aromatic rings. The van der Waals surface area contributed by atoms with E-state index in [0.717, 1.165) is 22.6 Å². The van der Waals surface area contributed by atoms with Gasteiger partial charge in [0.2, 0.25) is 0 Å². The quantitative estimate of drug-likeness (QED) is 0.785. The highest BCUT2D eigenvalue weighted by molar-refractivity contribution is 6.30. The fourth-order valence-corrected chi connectivity index (χ4v) is 2.12. The molecule has 0 radical (unpaired) electrons. The second-order valence-electron chi connectivity index (χ2n) is 4.76. The van der Waals surface area contributed by atoms with E-state index in [1.807, 2.05) is 25.1 Å². The Morgan fingerprint density at radius 3 is 2.60 bits per heavy atom. The van der Waals surface area contributed by atoms with Gasteiger partial charge in [0.1, 0.15) is 19.2 Å². The van der Waals surface area contributed by atoms with Crippen molar-refractivity contribution in [2.24, 2.45) is 0 Å². The Morgan fingerprint density at radius 1 is 1.40 bits per heavy atom. The van der Waals surface area contributed by atoms with Crippen molar-refractivity contribution < 1.29 is 9.59 Å². The van der Waals surface area contributed by atoms with Crippen molar-refractivity contribution in [3.05, 3.63) is 34.9 Å². The predicted molar refractivity (Wildman–Crippen MR) is 63.8 cm³/mol. The fraction of sp³-hybridized carbons (Fsp3) is 0.500. The summed E-state index contributed by atoms with van der Waals surface area (Å²) in [6.07, 6.45) is -0.279. The minimum atomic E-state index is -0.279. The molecule has 1 aromatic carbocycles. The number of aliphatic hydroxyl groups excluding tert-OH is 1. The highest BCUT2D eigenvalue weighted by Crippen LogP contribution is 2.15. The van der Waals surface area contributed by atoms with Crippen LogP contribution in [0.25, 0.3) is 0 Å². The van der Waals surface area contributed by atoms with E-state index in [1.54, 1.807) is 0 Å². The molecule has 0 spiro atoms. The third-order valence-electron chi connectivity index (χ3n) is 2.26. The van der Waals surface area contributed by atoms with Gasteiger partial charge in [-0.1, -0.05) is 23.7 Å². The van der Waals surface area contributed by atoms with Crippen LogP contribution in [0.3, 0.4) is 0 Å². The van der Waals surface area contributed by atoms with Crippen LogP contribution in [0.5, 0.6) is 0 Å². The van der Waals surface area contributed by atoms with Crippen molar-refractivity contribution >= 4 is 11.6 Å². The molecule has 0 aliphatic heterocycles. The molecule has 1 atom stereocenters. The van der Waals surface area contributed by atoms with Gasteiger partial charge in [0, 0.05) is 10.6 Å². The normalized spacial score (nSPS) is 13.9. The third kappa shape index (κ3) is 4.65. The molecule has 0 aliphatic rings. The minimum Gasteiger partial charge on any atom is -0.388 e. The van der Waals surface area contributed by atoms with E-state index in [9.17, 15) is 5.11 Å². The lowest BCUT2D eigenvalue weighted by molar-refractivity contribution is -0.906. The minimum absolute atomic E-state index is 0.279. The molecule has 0 saturated heterocycles. The Labute approximate surface area is 96.7 Å². The fourth-order valence-electron chi connectivity index (χ4n) is 1.91. The number of quaternary nitrogens is 1. The summed E-state index contributed by atoms with van der Waals surface area (Å²) >= 11 is 5.92. The van der Waals surface area contributed by atoms with Crippen LogP contribution in [0.1, 0.15) is 12.5 Å². The monoisotopic (exact) mass is 228 g/mol. The largest absolute Gasteiger partial charge is 0.388 e. The summed E-state index contributed by atoms with van der Waals surface area (Å²) in [5, 5.41) is 10.1. The third-order valence-corrected chi connectivity index (χ3v) is 2.49. The zero-order chi connectivity index (χ0) is 11.5. The number of rotatable bonds is 4. The van der Waals surface area contributed by atoms with Crippen molar-refractivity contribution in [1.29, 1.82) is 0 Å². The first-order valence-electron chi connectivity index (χ1n) is 5.13. The van der Waals surface area contributed by atoms with Gasteiger partial charge in [-0.25, -0.2) is 0 Å². The average Bonchev–Trinajstić information content (AvgIpc) is 1.99. The van der Waals surface area contributed by atoms with Crippen molar-refractivity contribution in [2.45, 2.75) is 19.6 Å². The maximum Gasteiger partial charge on any atom is 0.105 e. The molecule has 1 rings (SSSR count). The first-order valence-corrected chi connectivity index (χ1v) is 5.51. The van der Waals surface area contributed by atoms with Gasteiger partial charge >= 0.3 is 0 Å². The van der Waals surface area contributed by atoms with Gasteiger partial charge in [0.15, 0.2) is 0 Å². The summed E-state index contributed by atoms with van der Waals surface area (Å²) in [6, 6.07) is 7.87. The van der Waals surface area contributed by atoms with Crippen molar-refractivity contribution in [3.63, 3.8) is 0 Å². The van der Waals surface area contributed by atoms with Crippen molar-refractivity contribution in [1.82, 2.24) is 0 Å². The summed E-state index contributed by atoms with van der Waals surface area (Å²) in [7, 11) is 4.21. The summed E-state index contributed by atoms with van der Waals surface area (Å²) in [6.45, 7) is 3.44. The molecular weight excluding hydrogens is 210 g/mol. The topological polar surface area (TPSA) is 20.2 Å². The number of nitrogens with zero attached hydrogens (tertiary/aromatic N) is 1. The molecule has 0 saturated carbocycles. The molecule has 0 fully saturated rings. The molecule has 2 nitrogen and oxygen atoms in total. The van der Waals surface area contributed by atoms with Gasteiger partial charge in [0.05, 0.1) is 14.1 Å². The number of benzene rings is 1. The average molecular weight is 229 g/mol. The Bertz CT molecular complexity index is 323. The van der Waals surface area contributed by atoms with E-state index < -0.39 is 0 Å². The molecule has 0 bridgehead atoms. The van der Waals surface area contributed by atoms with Gasteiger partial charge < -0.3 is 9.59 Å². The van der Waals surface area contributed by atoms with Crippen LogP contribution in [0, 0.1) is 0 Å². The number of likely N-dealkylation sites (N-methyl/N-ethyl adjacent to an activating group) is 1. The van der Waals surface area contributed by atoms with Gasteiger partial charge in [0.25, 0.3) is 0 Å². The summed E-state index contributed by atoms with van der Waals surface area (Å²) < 4.78 is 0.762. The molecule has 84 valence electrons. The first-order chi connectivity index (χ1) is 6.89. The smallest absolute Gasteiger partial charge is 0.105 e. The molecule has 0 heterocycles. The zero-order valence-corrected chi connectivity index (χ0v) is 10.3. The molecule has 3 heteroatoms. The lowest BCUT2D eigenvalue weighted by atomic mass is 10.2. The van der Waals surface area contributed by atoms with Crippen LogP contribution in [-0.4, -0.2) is 36.3 Å². The summed E-state index contributed by atoms with van der Waals surface area (Å²) in [5.74, 6) is 0. The molecule has 1 N–H and O–H groups in total. The Balaban J connectivity index is 2.68. The van der Waals surface area contributed by atoms with Crippen LogP contribution < -0.4 is 0 Å². The van der Waals surface area contributed by atoms with Crippen LogP contribution in [0.2, 0.25) is 5.02 Å². The standard InChI is InChI=1S/C12H19ClNO/c1-10(15)8-14(2,3)9-11-5-4-6-12(13)7-11/h4-7,10,15H,8-9H2,1-3H3/q+1.